The van der Waals surface area contributed by atoms with Crippen LogP contribution in [0.1, 0.15) is 26.0 Å². The minimum absolute atomic E-state index is 0.0332. The lowest BCUT2D eigenvalue weighted by molar-refractivity contribution is -0.122. The molecule has 2 rings (SSSR count). The van der Waals surface area contributed by atoms with Crippen molar-refractivity contribution in [2.75, 3.05) is 0 Å². The van der Waals surface area contributed by atoms with Gasteiger partial charge in [0, 0.05) is 23.4 Å². The number of nitrogens with zero attached hydrogens (tertiary/aromatic N) is 2. The van der Waals surface area contributed by atoms with Crippen LogP contribution in [0.3, 0.4) is 0 Å². The first kappa shape index (κ1) is 16.9. The van der Waals surface area contributed by atoms with Gasteiger partial charge >= 0.3 is 0 Å². The largest absolute Gasteiger partial charge is 0.352 e. The topological polar surface area (TPSA) is 64.0 Å². The smallest absolute Gasteiger partial charge is 0.254 e. The maximum atomic E-state index is 13.1. The fraction of sp³-hybridized carbons (Fsp3) is 0.353. The first-order valence-corrected chi connectivity index (χ1v) is 7.54. The maximum Gasteiger partial charge on any atom is 0.254 e. The molecular weight excluding hydrogens is 297 g/mol. The second-order valence-electron chi connectivity index (χ2n) is 5.53. The van der Waals surface area contributed by atoms with Crippen molar-refractivity contribution in [1.29, 1.82) is 0 Å². The van der Waals surface area contributed by atoms with Gasteiger partial charge in [0.05, 0.1) is 0 Å². The normalized spacial score (nSPS) is 12.0. The average molecular weight is 317 g/mol. The van der Waals surface area contributed by atoms with E-state index in [4.69, 9.17) is 0 Å². The zero-order chi connectivity index (χ0) is 17.0. The Bertz CT molecular complexity index is 753. The Morgan fingerprint density at radius 1 is 1.35 bits per heavy atom. The molecule has 6 heteroatoms. The molecule has 2 aromatic rings. The Morgan fingerprint density at radius 2 is 2.00 bits per heavy atom. The molecule has 0 spiro atoms. The highest BCUT2D eigenvalue weighted by molar-refractivity contribution is 5.76. The molecule has 1 amide bonds. The molecule has 122 valence electrons. The highest BCUT2D eigenvalue weighted by atomic mass is 19.1. The molecule has 0 fully saturated rings. The van der Waals surface area contributed by atoms with Gasteiger partial charge in [-0.05, 0) is 44.5 Å². The number of hydrogen-bond donors (Lipinski definition) is 1. The van der Waals surface area contributed by atoms with Crippen LogP contribution in [0.5, 0.6) is 0 Å². The second-order valence-corrected chi connectivity index (χ2v) is 5.53. The molecule has 1 aromatic heterocycles. The Hall–Kier alpha value is -2.50. The van der Waals surface area contributed by atoms with Gasteiger partial charge in [-0.2, -0.15) is 0 Å². The molecule has 0 saturated heterocycles. The fourth-order valence-corrected chi connectivity index (χ4v) is 2.16. The third kappa shape index (κ3) is 4.25. The summed E-state index contributed by atoms with van der Waals surface area (Å²) in [5, 5.41) is 2.82. The van der Waals surface area contributed by atoms with Gasteiger partial charge in [-0.1, -0.05) is 6.92 Å². The first-order chi connectivity index (χ1) is 10.9. The lowest BCUT2D eigenvalue weighted by atomic mass is 10.2. The molecular formula is C17H20FN3O2. The van der Waals surface area contributed by atoms with Gasteiger partial charge < -0.3 is 5.32 Å². The van der Waals surface area contributed by atoms with E-state index in [-0.39, 0.29) is 29.9 Å². The average Bonchev–Trinajstić information content (AvgIpc) is 2.50. The number of halogens is 1. The molecule has 1 N–H and O–H groups in total. The van der Waals surface area contributed by atoms with Gasteiger partial charge in [-0.3, -0.25) is 14.2 Å². The molecule has 0 radical (unpaired) electrons. The SMILES string of the molecule is CCC(C)NC(=O)Cn1c(-c2ccc(F)cc2)nc(C)cc1=O. The predicted octanol–water partition coefficient (Wildman–Crippen LogP) is 2.27. The number of hydrogen-bond acceptors (Lipinski definition) is 3. The van der Waals surface area contributed by atoms with E-state index in [1.807, 2.05) is 13.8 Å². The summed E-state index contributed by atoms with van der Waals surface area (Å²) in [6.45, 7) is 5.45. The molecule has 0 bridgehead atoms. The summed E-state index contributed by atoms with van der Waals surface area (Å²) in [5.74, 6) is -0.269. The number of benzene rings is 1. The lowest BCUT2D eigenvalue weighted by Gasteiger charge is -2.15. The highest BCUT2D eigenvalue weighted by Gasteiger charge is 2.14. The highest BCUT2D eigenvalue weighted by Crippen LogP contribution is 2.16. The quantitative estimate of drug-likeness (QED) is 0.920. The summed E-state index contributed by atoms with van der Waals surface area (Å²) in [7, 11) is 0. The van der Waals surface area contributed by atoms with Gasteiger partial charge in [0.1, 0.15) is 18.2 Å². The first-order valence-electron chi connectivity index (χ1n) is 7.54. The monoisotopic (exact) mass is 317 g/mol. The van der Waals surface area contributed by atoms with Crippen LogP contribution < -0.4 is 10.9 Å². The van der Waals surface area contributed by atoms with Crippen molar-refractivity contribution in [3.05, 3.63) is 52.2 Å². The number of amides is 1. The standard InChI is InChI=1S/C17H20FN3O2/c1-4-11(2)19-15(22)10-21-16(23)9-12(3)20-17(21)13-5-7-14(18)8-6-13/h5-9,11H,4,10H2,1-3H3,(H,19,22). The van der Waals surface area contributed by atoms with Gasteiger partial charge in [0.2, 0.25) is 5.91 Å². The Labute approximate surface area is 134 Å². The van der Waals surface area contributed by atoms with Crippen LogP contribution in [0.4, 0.5) is 4.39 Å². The summed E-state index contributed by atoms with van der Waals surface area (Å²) in [4.78, 5) is 28.7. The summed E-state index contributed by atoms with van der Waals surface area (Å²) in [5.41, 5.74) is 0.826. The summed E-state index contributed by atoms with van der Waals surface area (Å²) < 4.78 is 14.4. The van der Waals surface area contributed by atoms with Crippen molar-refractivity contribution in [2.45, 2.75) is 39.8 Å². The number of nitrogens with one attached hydrogen (secondary N) is 1. The molecule has 1 aromatic carbocycles. The van der Waals surface area contributed by atoms with Gasteiger partial charge in [0.25, 0.3) is 5.56 Å². The van der Waals surface area contributed by atoms with Gasteiger partial charge in [-0.15, -0.1) is 0 Å². The summed E-state index contributed by atoms with van der Waals surface area (Å²) >= 11 is 0. The van der Waals surface area contributed by atoms with Crippen molar-refractivity contribution in [3.8, 4) is 11.4 Å². The van der Waals surface area contributed by atoms with E-state index in [2.05, 4.69) is 10.3 Å². The Balaban J connectivity index is 2.40. The summed E-state index contributed by atoms with van der Waals surface area (Å²) in [6, 6.07) is 7.09. The molecule has 0 aliphatic heterocycles. The Morgan fingerprint density at radius 3 is 2.61 bits per heavy atom. The third-order valence-corrected chi connectivity index (χ3v) is 3.56. The van der Waals surface area contributed by atoms with Gasteiger partial charge in [0.15, 0.2) is 0 Å². The molecule has 0 aliphatic carbocycles. The number of aryl methyl sites for hydroxylation is 1. The fourth-order valence-electron chi connectivity index (χ4n) is 2.16. The maximum absolute atomic E-state index is 13.1. The van der Waals surface area contributed by atoms with Crippen LogP contribution in [0, 0.1) is 12.7 Å². The predicted molar refractivity (Wildman–Crippen MR) is 86.5 cm³/mol. The van der Waals surface area contributed by atoms with E-state index in [1.165, 1.54) is 22.8 Å². The van der Waals surface area contributed by atoms with Crippen LogP contribution >= 0.6 is 0 Å². The van der Waals surface area contributed by atoms with E-state index in [0.717, 1.165) is 6.42 Å². The van der Waals surface area contributed by atoms with Crippen LogP contribution in [0.2, 0.25) is 0 Å². The van der Waals surface area contributed by atoms with E-state index >= 15 is 0 Å². The zero-order valence-electron chi connectivity index (χ0n) is 13.5. The number of carbonyl (C=O) groups excluding carboxylic acids is 1. The van der Waals surface area contributed by atoms with Crippen molar-refractivity contribution >= 4 is 5.91 Å². The van der Waals surface area contributed by atoms with E-state index in [1.54, 1.807) is 19.1 Å². The molecule has 1 heterocycles. The second kappa shape index (κ2) is 7.17. The van der Waals surface area contributed by atoms with Crippen LogP contribution in [0.15, 0.2) is 35.1 Å². The molecule has 1 atom stereocenters. The third-order valence-electron chi connectivity index (χ3n) is 3.56. The molecule has 0 aliphatic rings. The van der Waals surface area contributed by atoms with Crippen molar-refractivity contribution in [1.82, 2.24) is 14.9 Å². The number of rotatable bonds is 5. The number of carbonyl (C=O) groups is 1. The zero-order valence-corrected chi connectivity index (χ0v) is 13.5. The van der Waals surface area contributed by atoms with E-state index in [9.17, 15) is 14.0 Å². The number of aromatic nitrogens is 2. The molecule has 5 nitrogen and oxygen atoms in total. The van der Waals surface area contributed by atoms with Crippen molar-refractivity contribution < 1.29 is 9.18 Å². The molecule has 1 unspecified atom stereocenters. The molecule has 23 heavy (non-hydrogen) atoms. The Kier molecular flexibility index (Phi) is 5.26. The van der Waals surface area contributed by atoms with E-state index in [0.29, 0.717) is 17.1 Å². The van der Waals surface area contributed by atoms with Crippen LogP contribution in [-0.4, -0.2) is 21.5 Å². The summed E-state index contributed by atoms with van der Waals surface area (Å²) in [6.07, 6.45) is 0.803. The minimum Gasteiger partial charge on any atom is -0.352 e. The van der Waals surface area contributed by atoms with Crippen molar-refractivity contribution in [2.24, 2.45) is 0 Å². The van der Waals surface area contributed by atoms with Crippen molar-refractivity contribution in [3.63, 3.8) is 0 Å². The molecule has 0 saturated carbocycles. The van der Waals surface area contributed by atoms with E-state index < -0.39 is 0 Å². The van der Waals surface area contributed by atoms with Gasteiger partial charge in [-0.25, -0.2) is 9.37 Å². The lowest BCUT2D eigenvalue weighted by Crippen LogP contribution is -2.37. The van der Waals surface area contributed by atoms with Crippen LogP contribution in [0.25, 0.3) is 11.4 Å². The van der Waals surface area contributed by atoms with Crippen LogP contribution in [-0.2, 0) is 11.3 Å². The minimum atomic E-state index is -0.371.